The van der Waals surface area contributed by atoms with Gasteiger partial charge >= 0.3 is 0 Å². The molecule has 3 rings (SSSR count). The van der Waals surface area contributed by atoms with Crippen LogP contribution in [-0.4, -0.2) is 15.6 Å². The lowest BCUT2D eigenvalue weighted by Crippen LogP contribution is -2.28. The van der Waals surface area contributed by atoms with E-state index in [9.17, 15) is 24.3 Å². The van der Waals surface area contributed by atoms with E-state index in [1.165, 1.54) is 24.4 Å². The lowest BCUT2D eigenvalue weighted by Gasteiger charge is -2.18. The van der Waals surface area contributed by atoms with Gasteiger partial charge in [0.1, 0.15) is 17.4 Å². The van der Waals surface area contributed by atoms with E-state index < -0.39 is 22.9 Å². The number of carbonyl (C=O) groups excluding carboxylic acids is 1. The Bertz CT molecular complexity index is 1170. The molecule has 0 saturated carbocycles. The molecule has 1 aromatic heterocycles. The number of hydrogen-bond donors (Lipinski definition) is 2. The van der Waals surface area contributed by atoms with E-state index in [1.54, 1.807) is 38.1 Å². The Kier molecular flexibility index (Phi) is 5.31. The first-order valence-corrected chi connectivity index (χ1v) is 8.76. The Morgan fingerprint density at radius 1 is 1.17 bits per heavy atom. The largest absolute Gasteiger partial charge is 0.386 e. The standard InChI is InChI=1S/C22H18FN3O3/c1-22(2,29)15-5-8-17(9-6-15)25-20(27)18-4-3-11-26(21(18)28)19-10-7-16(23)12-14(19)13-24/h3-12,29H,1-2H3,(H,25,27). The average Bonchev–Trinajstić information content (AvgIpc) is 2.68. The summed E-state index contributed by atoms with van der Waals surface area (Å²) in [7, 11) is 0. The molecule has 0 bridgehead atoms. The van der Waals surface area contributed by atoms with Gasteiger partial charge in [0.15, 0.2) is 0 Å². The maximum Gasteiger partial charge on any atom is 0.267 e. The second kappa shape index (κ2) is 7.70. The van der Waals surface area contributed by atoms with Crippen LogP contribution in [-0.2, 0) is 5.60 Å². The number of pyridine rings is 1. The van der Waals surface area contributed by atoms with Crippen LogP contribution in [0, 0.1) is 17.1 Å². The number of nitrogens with one attached hydrogen (secondary N) is 1. The van der Waals surface area contributed by atoms with Gasteiger partial charge in [-0.25, -0.2) is 4.39 Å². The van der Waals surface area contributed by atoms with Crippen molar-refractivity contribution in [2.45, 2.75) is 19.4 Å². The van der Waals surface area contributed by atoms with Crippen molar-refractivity contribution in [3.05, 3.63) is 93.7 Å². The molecule has 0 spiro atoms. The Labute approximate surface area is 166 Å². The molecule has 0 unspecified atom stereocenters. The van der Waals surface area contributed by atoms with Gasteiger partial charge in [-0.05, 0) is 61.9 Å². The van der Waals surface area contributed by atoms with Crippen molar-refractivity contribution >= 4 is 11.6 Å². The molecule has 0 aliphatic rings. The molecule has 2 N–H and O–H groups in total. The van der Waals surface area contributed by atoms with Crippen molar-refractivity contribution in [2.24, 2.45) is 0 Å². The van der Waals surface area contributed by atoms with E-state index in [4.69, 9.17) is 0 Å². The summed E-state index contributed by atoms with van der Waals surface area (Å²) in [6.07, 6.45) is 1.41. The predicted octanol–water partition coefficient (Wildman–Crippen LogP) is 3.33. The number of halogens is 1. The number of nitriles is 1. The van der Waals surface area contributed by atoms with Gasteiger partial charge in [0.2, 0.25) is 0 Å². The first-order chi connectivity index (χ1) is 13.7. The molecule has 6 nitrogen and oxygen atoms in total. The molecule has 3 aromatic rings. The zero-order valence-electron chi connectivity index (χ0n) is 15.8. The zero-order chi connectivity index (χ0) is 21.2. The van der Waals surface area contributed by atoms with Crippen molar-refractivity contribution in [3.63, 3.8) is 0 Å². The Morgan fingerprint density at radius 2 is 1.86 bits per heavy atom. The maximum atomic E-state index is 13.4. The van der Waals surface area contributed by atoms with E-state index in [0.717, 1.165) is 16.7 Å². The van der Waals surface area contributed by atoms with Crippen LogP contribution >= 0.6 is 0 Å². The number of aliphatic hydroxyl groups is 1. The van der Waals surface area contributed by atoms with E-state index in [1.807, 2.05) is 6.07 Å². The van der Waals surface area contributed by atoms with Crippen LogP contribution in [0.4, 0.5) is 10.1 Å². The van der Waals surface area contributed by atoms with Crippen LogP contribution < -0.4 is 10.9 Å². The van der Waals surface area contributed by atoms with Gasteiger partial charge in [-0.3, -0.25) is 14.2 Å². The van der Waals surface area contributed by atoms with Crippen LogP contribution in [0.25, 0.3) is 5.69 Å². The summed E-state index contributed by atoms with van der Waals surface area (Å²) in [6, 6.07) is 14.8. The second-order valence-corrected chi connectivity index (χ2v) is 6.96. The first-order valence-electron chi connectivity index (χ1n) is 8.76. The summed E-state index contributed by atoms with van der Waals surface area (Å²) in [5.41, 5.74) is -0.484. The molecule has 0 aliphatic carbocycles. The third kappa shape index (κ3) is 4.23. The molecule has 7 heteroatoms. The molecule has 1 amide bonds. The van der Waals surface area contributed by atoms with E-state index in [0.29, 0.717) is 11.3 Å². The third-order valence-electron chi connectivity index (χ3n) is 4.38. The van der Waals surface area contributed by atoms with Gasteiger partial charge < -0.3 is 10.4 Å². The van der Waals surface area contributed by atoms with E-state index >= 15 is 0 Å². The minimum atomic E-state index is -1.01. The lowest BCUT2D eigenvalue weighted by atomic mass is 9.98. The number of carbonyl (C=O) groups is 1. The Hall–Kier alpha value is -3.76. The summed E-state index contributed by atoms with van der Waals surface area (Å²) in [5, 5.41) is 21.9. The number of benzene rings is 2. The van der Waals surface area contributed by atoms with Crippen LogP contribution in [0.15, 0.2) is 65.6 Å². The van der Waals surface area contributed by atoms with Crippen molar-refractivity contribution < 1.29 is 14.3 Å². The van der Waals surface area contributed by atoms with Crippen molar-refractivity contribution in [3.8, 4) is 11.8 Å². The van der Waals surface area contributed by atoms with Gasteiger partial charge in [0.05, 0.1) is 16.9 Å². The van der Waals surface area contributed by atoms with E-state index in [-0.39, 0.29) is 16.8 Å². The zero-order valence-corrected chi connectivity index (χ0v) is 15.8. The summed E-state index contributed by atoms with van der Waals surface area (Å²) < 4.78 is 14.5. The second-order valence-electron chi connectivity index (χ2n) is 6.96. The SMILES string of the molecule is CC(C)(O)c1ccc(NC(=O)c2cccn(-c3ccc(F)cc3C#N)c2=O)cc1. The Balaban J connectivity index is 1.93. The minimum Gasteiger partial charge on any atom is -0.386 e. The number of rotatable bonds is 4. The van der Waals surface area contributed by atoms with Crippen molar-refractivity contribution in [2.75, 3.05) is 5.32 Å². The highest BCUT2D eigenvalue weighted by Gasteiger charge is 2.17. The quantitative estimate of drug-likeness (QED) is 0.713. The maximum absolute atomic E-state index is 13.4. The molecular weight excluding hydrogens is 373 g/mol. The average molecular weight is 391 g/mol. The number of nitrogens with zero attached hydrogens (tertiary/aromatic N) is 2. The van der Waals surface area contributed by atoms with E-state index in [2.05, 4.69) is 5.32 Å². The number of aromatic nitrogens is 1. The number of hydrogen-bond acceptors (Lipinski definition) is 4. The summed E-state index contributed by atoms with van der Waals surface area (Å²) >= 11 is 0. The van der Waals surface area contributed by atoms with Gasteiger partial charge in [0, 0.05) is 11.9 Å². The van der Waals surface area contributed by atoms with Gasteiger partial charge in [-0.2, -0.15) is 5.26 Å². The molecule has 2 aromatic carbocycles. The summed E-state index contributed by atoms with van der Waals surface area (Å²) in [4.78, 5) is 25.4. The molecular formula is C22H18FN3O3. The highest BCUT2D eigenvalue weighted by Crippen LogP contribution is 2.21. The smallest absolute Gasteiger partial charge is 0.267 e. The summed E-state index contributed by atoms with van der Waals surface area (Å²) in [5.74, 6) is -1.22. The summed E-state index contributed by atoms with van der Waals surface area (Å²) in [6.45, 7) is 3.30. The van der Waals surface area contributed by atoms with Crippen molar-refractivity contribution in [1.29, 1.82) is 5.26 Å². The molecule has 1 heterocycles. The molecule has 0 atom stereocenters. The number of anilines is 1. The molecule has 29 heavy (non-hydrogen) atoms. The minimum absolute atomic E-state index is 0.0214. The van der Waals surface area contributed by atoms with Gasteiger partial charge in [0.25, 0.3) is 11.5 Å². The van der Waals surface area contributed by atoms with Crippen LogP contribution in [0.3, 0.4) is 0 Å². The molecule has 0 fully saturated rings. The third-order valence-corrected chi connectivity index (χ3v) is 4.38. The fourth-order valence-corrected chi connectivity index (χ4v) is 2.82. The van der Waals surface area contributed by atoms with Gasteiger partial charge in [-0.15, -0.1) is 0 Å². The van der Waals surface area contributed by atoms with Crippen LogP contribution in [0.2, 0.25) is 0 Å². The monoisotopic (exact) mass is 391 g/mol. The molecule has 0 radical (unpaired) electrons. The highest BCUT2D eigenvalue weighted by atomic mass is 19.1. The van der Waals surface area contributed by atoms with Crippen LogP contribution in [0.1, 0.15) is 35.3 Å². The topological polar surface area (TPSA) is 95.1 Å². The molecule has 0 saturated heterocycles. The van der Waals surface area contributed by atoms with Crippen molar-refractivity contribution in [1.82, 2.24) is 4.57 Å². The molecule has 0 aliphatic heterocycles. The van der Waals surface area contributed by atoms with Crippen LogP contribution in [0.5, 0.6) is 0 Å². The normalized spacial score (nSPS) is 11.0. The number of amides is 1. The fraction of sp³-hybridized carbons (Fsp3) is 0.136. The molecule has 146 valence electrons. The highest BCUT2D eigenvalue weighted by molar-refractivity contribution is 6.04. The van der Waals surface area contributed by atoms with Gasteiger partial charge in [-0.1, -0.05) is 12.1 Å². The first kappa shape index (κ1) is 20.0. The lowest BCUT2D eigenvalue weighted by molar-refractivity contribution is 0.0786. The predicted molar refractivity (Wildman–Crippen MR) is 106 cm³/mol. The fourth-order valence-electron chi connectivity index (χ4n) is 2.82. The Morgan fingerprint density at radius 3 is 2.48 bits per heavy atom.